The second-order valence-electron chi connectivity index (χ2n) is 3.41. The van der Waals surface area contributed by atoms with Gasteiger partial charge in [0.1, 0.15) is 0 Å². The monoisotopic (exact) mass is 258 g/mol. The molecule has 0 aliphatic carbocycles. The summed E-state index contributed by atoms with van der Waals surface area (Å²) in [5.41, 5.74) is 0.548. The molecule has 0 aliphatic heterocycles. The number of alkyl halides is 3. The van der Waals surface area contributed by atoms with Gasteiger partial charge in [-0.05, 0) is 24.6 Å². The molecule has 0 unspecified atom stereocenters. The van der Waals surface area contributed by atoms with E-state index in [4.69, 9.17) is 5.73 Å². The van der Waals surface area contributed by atoms with Crippen LogP contribution in [0.4, 0.5) is 13.2 Å². The largest absolute Gasteiger partial charge is 0.441 e. The minimum Gasteiger partial charge on any atom is -0.354 e. The molecule has 1 amide bonds. The molecular weight excluding hydrogens is 241 g/mol. The molecule has 0 bridgehead atoms. The van der Waals surface area contributed by atoms with E-state index in [1.165, 1.54) is 0 Å². The van der Waals surface area contributed by atoms with Crippen LogP contribution >= 0.6 is 11.8 Å². The van der Waals surface area contributed by atoms with Crippen LogP contribution in [-0.2, 0) is 4.79 Å². The van der Waals surface area contributed by atoms with Gasteiger partial charge in [0.2, 0.25) is 5.91 Å². The third kappa shape index (κ3) is 5.60. The van der Waals surface area contributed by atoms with Crippen LogP contribution < -0.4 is 11.1 Å². The highest BCUT2D eigenvalue weighted by Gasteiger charge is 2.30. The number of halogens is 3. The first-order valence-corrected chi connectivity index (χ1v) is 6.01. The van der Waals surface area contributed by atoms with Crippen LogP contribution in [0.3, 0.4) is 0 Å². The summed E-state index contributed by atoms with van der Waals surface area (Å²) in [4.78, 5) is 11.5. The van der Waals surface area contributed by atoms with Crippen molar-refractivity contribution in [2.45, 2.75) is 37.7 Å². The van der Waals surface area contributed by atoms with Gasteiger partial charge in [-0.15, -0.1) is 0 Å². The smallest absolute Gasteiger partial charge is 0.354 e. The van der Waals surface area contributed by atoms with E-state index in [1.54, 1.807) is 13.8 Å². The number of nitrogens with one attached hydrogen (secondary N) is 1. The summed E-state index contributed by atoms with van der Waals surface area (Å²) in [7, 11) is 0. The van der Waals surface area contributed by atoms with Crippen molar-refractivity contribution in [3.05, 3.63) is 0 Å². The van der Waals surface area contributed by atoms with Crippen molar-refractivity contribution in [1.82, 2.24) is 5.32 Å². The van der Waals surface area contributed by atoms with Gasteiger partial charge in [0.05, 0.1) is 5.54 Å². The highest BCUT2D eigenvalue weighted by Crippen LogP contribution is 2.29. The van der Waals surface area contributed by atoms with E-state index in [-0.39, 0.29) is 30.0 Å². The van der Waals surface area contributed by atoms with Gasteiger partial charge in [-0.2, -0.15) is 13.2 Å². The Morgan fingerprint density at radius 3 is 2.19 bits per heavy atom. The van der Waals surface area contributed by atoms with Crippen LogP contribution in [0.15, 0.2) is 0 Å². The SMILES string of the molecule is CCC(N)(CC)C(=O)NCCSC(F)(F)F. The topological polar surface area (TPSA) is 55.1 Å². The molecule has 0 saturated carbocycles. The number of hydrogen-bond acceptors (Lipinski definition) is 3. The Bertz CT molecular complexity index is 229. The lowest BCUT2D eigenvalue weighted by Gasteiger charge is -2.25. The Morgan fingerprint density at radius 2 is 1.81 bits per heavy atom. The fourth-order valence-corrected chi connectivity index (χ4v) is 1.51. The van der Waals surface area contributed by atoms with Crippen molar-refractivity contribution in [2.75, 3.05) is 12.3 Å². The van der Waals surface area contributed by atoms with E-state index >= 15 is 0 Å². The van der Waals surface area contributed by atoms with Crippen molar-refractivity contribution in [3.63, 3.8) is 0 Å². The van der Waals surface area contributed by atoms with E-state index in [0.717, 1.165) is 0 Å². The fraction of sp³-hybridized carbons (Fsp3) is 0.889. The lowest BCUT2D eigenvalue weighted by Crippen LogP contribution is -2.53. The lowest BCUT2D eigenvalue weighted by molar-refractivity contribution is -0.126. The predicted octanol–water partition coefficient (Wildman–Crippen LogP) is 1.87. The van der Waals surface area contributed by atoms with Crippen LogP contribution in [0.2, 0.25) is 0 Å². The molecule has 0 rings (SSSR count). The first kappa shape index (κ1) is 15.6. The zero-order valence-corrected chi connectivity index (χ0v) is 10.2. The Kier molecular flexibility index (Phi) is 6.17. The molecule has 0 saturated heterocycles. The number of amides is 1. The molecule has 0 aromatic carbocycles. The Morgan fingerprint density at radius 1 is 1.31 bits per heavy atom. The van der Waals surface area contributed by atoms with E-state index < -0.39 is 11.0 Å². The van der Waals surface area contributed by atoms with Crippen molar-refractivity contribution < 1.29 is 18.0 Å². The van der Waals surface area contributed by atoms with Gasteiger partial charge < -0.3 is 11.1 Å². The lowest BCUT2D eigenvalue weighted by atomic mass is 9.93. The summed E-state index contributed by atoms with van der Waals surface area (Å²) in [5, 5.41) is 2.41. The molecule has 0 aromatic heterocycles. The van der Waals surface area contributed by atoms with Crippen LogP contribution in [0.5, 0.6) is 0 Å². The van der Waals surface area contributed by atoms with Crippen LogP contribution in [0.1, 0.15) is 26.7 Å². The molecule has 3 nitrogen and oxygen atoms in total. The number of rotatable bonds is 6. The van der Waals surface area contributed by atoms with Gasteiger partial charge in [0.15, 0.2) is 0 Å². The second kappa shape index (κ2) is 6.34. The minimum absolute atomic E-state index is 0.0258. The average Bonchev–Trinajstić information content (AvgIpc) is 2.21. The number of carbonyl (C=O) groups is 1. The fourth-order valence-electron chi connectivity index (χ4n) is 1.08. The molecule has 3 N–H and O–H groups in total. The molecule has 0 radical (unpaired) electrons. The number of nitrogens with two attached hydrogens (primary N) is 1. The molecule has 0 aromatic rings. The van der Waals surface area contributed by atoms with Crippen molar-refractivity contribution in [1.29, 1.82) is 0 Å². The molecule has 0 aliphatic rings. The summed E-state index contributed by atoms with van der Waals surface area (Å²) >= 11 is -0.154. The van der Waals surface area contributed by atoms with Gasteiger partial charge in [0.25, 0.3) is 0 Å². The van der Waals surface area contributed by atoms with Crippen LogP contribution in [-0.4, -0.2) is 29.3 Å². The Balaban J connectivity index is 3.90. The molecule has 0 heterocycles. The molecular formula is C9H17F3N2OS. The van der Waals surface area contributed by atoms with Crippen LogP contribution in [0, 0.1) is 0 Å². The van der Waals surface area contributed by atoms with Gasteiger partial charge >= 0.3 is 5.51 Å². The van der Waals surface area contributed by atoms with Gasteiger partial charge in [0, 0.05) is 12.3 Å². The summed E-state index contributed by atoms with van der Waals surface area (Å²) in [6, 6.07) is 0. The quantitative estimate of drug-likeness (QED) is 0.715. The van der Waals surface area contributed by atoms with Gasteiger partial charge in [-0.25, -0.2) is 0 Å². The minimum atomic E-state index is -4.25. The highest BCUT2D eigenvalue weighted by atomic mass is 32.2. The van der Waals surface area contributed by atoms with E-state index in [1.807, 2.05) is 0 Å². The highest BCUT2D eigenvalue weighted by molar-refractivity contribution is 8.00. The van der Waals surface area contributed by atoms with Gasteiger partial charge in [-0.1, -0.05) is 13.8 Å². The average molecular weight is 258 g/mol. The molecule has 16 heavy (non-hydrogen) atoms. The molecule has 0 spiro atoms. The summed E-state index contributed by atoms with van der Waals surface area (Å²) < 4.78 is 35.3. The third-order valence-electron chi connectivity index (χ3n) is 2.37. The Labute approximate surface area is 97.3 Å². The zero-order chi connectivity index (χ0) is 12.8. The molecule has 7 heteroatoms. The molecule has 96 valence electrons. The first-order valence-electron chi connectivity index (χ1n) is 5.03. The number of carbonyl (C=O) groups excluding carboxylic acids is 1. The van der Waals surface area contributed by atoms with Gasteiger partial charge in [-0.3, -0.25) is 4.79 Å². The normalized spacial score (nSPS) is 12.6. The first-order chi connectivity index (χ1) is 7.25. The van der Waals surface area contributed by atoms with Crippen molar-refractivity contribution in [3.8, 4) is 0 Å². The number of thioether (sulfide) groups is 1. The van der Waals surface area contributed by atoms with E-state index in [2.05, 4.69) is 5.32 Å². The predicted molar refractivity (Wildman–Crippen MR) is 59.0 cm³/mol. The summed E-state index contributed by atoms with van der Waals surface area (Å²) in [6.45, 7) is 3.52. The Hall–Kier alpha value is -0.430. The standard InChI is InChI=1S/C9H17F3N2OS/c1-3-8(13,4-2)7(15)14-5-6-16-9(10,11)12/h3-6,13H2,1-2H3,(H,14,15). The maximum Gasteiger partial charge on any atom is 0.441 e. The maximum absolute atomic E-state index is 11.8. The van der Waals surface area contributed by atoms with E-state index in [0.29, 0.717) is 12.8 Å². The van der Waals surface area contributed by atoms with Crippen molar-refractivity contribution >= 4 is 17.7 Å². The van der Waals surface area contributed by atoms with Crippen LogP contribution in [0.25, 0.3) is 0 Å². The number of hydrogen-bond donors (Lipinski definition) is 2. The second-order valence-corrected chi connectivity index (χ2v) is 4.57. The van der Waals surface area contributed by atoms with Crippen molar-refractivity contribution in [2.24, 2.45) is 5.73 Å². The van der Waals surface area contributed by atoms with E-state index in [9.17, 15) is 18.0 Å². The maximum atomic E-state index is 11.8. The summed E-state index contributed by atoms with van der Waals surface area (Å²) in [5.74, 6) is -0.584. The molecule has 0 fully saturated rings. The zero-order valence-electron chi connectivity index (χ0n) is 9.36. The molecule has 0 atom stereocenters. The summed E-state index contributed by atoms with van der Waals surface area (Å²) in [6.07, 6.45) is 0.920. The third-order valence-corrected chi connectivity index (χ3v) is 3.10.